The Morgan fingerprint density at radius 1 is 1.47 bits per heavy atom. The number of aromatic amines is 1. The standard InChI is InChI=1S/C10H10N4O/c11-10(15)14-13-6-7-5-12-9-4-2-1-3-8(7)9/h1-6,12H,(H3,11,14,15). The fourth-order valence-electron chi connectivity index (χ4n) is 1.37. The summed E-state index contributed by atoms with van der Waals surface area (Å²) in [5, 5.41) is 4.74. The Morgan fingerprint density at radius 3 is 3.07 bits per heavy atom. The van der Waals surface area contributed by atoms with Gasteiger partial charge >= 0.3 is 6.03 Å². The van der Waals surface area contributed by atoms with Crippen LogP contribution in [0.15, 0.2) is 35.6 Å². The number of hydrogen-bond acceptors (Lipinski definition) is 2. The molecular weight excluding hydrogens is 192 g/mol. The minimum atomic E-state index is -0.675. The second kappa shape index (κ2) is 3.83. The van der Waals surface area contributed by atoms with Gasteiger partial charge in [-0.3, -0.25) is 0 Å². The summed E-state index contributed by atoms with van der Waals surface area (Å²) in [4.78, 5) is 13.5. The second-order valence-electron chi connectivity index (χ2n) is 3.02. The van der Waals surface area contributed by atoms with Crippen molar-refractivity contribution in [1.29, 1.82) is 0 Å². The van der Waals surface area contributed by atoms with Gasteiger partial charge in [0.1, 0.15) is 0 Å². The lowest BCUT2D eigenvalue weighted by atomic mass is 10.2. The third kappa shape index (κ3) is 1.96. The summed E-state index contributed by atoms with van der Waals surface area (Å²) in [6, 6.07) is 7.15. The lowest BCUT2D eigenvalue weighted by Crippen LogP contribution is -2.24. The smallest absolute Gasteiger partial charge is 0.332 e. The summed E-state index contributed by atoms with van der Waals surface area (Å²) in [6.45, 7) is 0. The molecule has 15 heavy (non-hydrogen) atoms. The van der Waals surface area contributed by atoms with Crippen LogP contribution < -0.4 is 11.2 Å². The number of urea groups is 1. The van der Waals surface area contributed by atoms with E-state index < -0.39 is 6.03 Å². The Balaban J connectivity index is 2.28. The van der Waals surface area contributed by atoms with Gasteiger partial charge < -0.3 is 10.7 Å². The van der Waals surface area contributed by atoms with Crippen molar-refractivity contribution in [2.45, 2.75) is 0 Å². The van der Waals surface area contributed by atoms with Crippen LogP contribution in [0, 0.1) is 0 Å². The van der Waals surface area contributed by atoms with E-state index in [2.05, 4.69) is 15.5 Å². The number of carbonyl (C=O) groups excluding carboxylic acids is 1. The third-order valence-electron chi connectivity index (χ3n) is 2.00. The monoisotopic (exact) mass is 202 g/mol. The van der Waals surface area contributed by atoms with E-state index in [4.69, 9.17) is 5.73 Å². The Bertz CT molecular complexity index is 515. The zero-order chi connectivity index (χ0) is 10.7. The van der Waals surface area contributed by atoms with E-state index in [1.807, 2.05) is 30.5 Å². The van der Waals surface area contributed by atoms with Crippen LogP contribution in [0.3, 0.4) is 0 Å². The fourth-order valence-corrected chi connectivity index (χ4v) is 1.37. The largest absolute Gasteiger partial charge is 0.361 e. The van der Waals surface area contributed by atoms with Gasteiger partial charge in [-0.1, -0.05) is 18.2 Å². The molecule has 2 rings (SSSR count). The maximum Gasteiger partial charge on any atom is 0.332 e. The van der Waals surface area contributed by atoms with E-state index in [1.165, 1.54) is 0 Å². The zero-order valence-electron chi connectivity index (χ0n) is 7.90. The molecule has 4 N–H and O–H groups in total. The zero-order valence-corrected chi connectivity index (χ0v) is 7.90. The van der Waals surface area contributed by atoms with Crippen LogP contribution in [0.5, 0.6) is 0 Å². The van der Waals surface area contributed by atoms with Crippen LogP contribution >= 0.6 is 0 Å². The summed E-state index contributed by atoms with van der Waals surface area (Å²) >= 11 is 0. The summed E-state index contributed by atoms with van der Waals surface area (Å²) in [6.07, 6.45) is 3.36. The SMILES string of the molecule is NC(=O)NN=Cc1c[nH]c2ccccc12. The molecule has 1 aromatic carbocycles. The highest BCUT2D eigenvalue weighted by atomic mass is 16.2. The number of benzene rings is 1. The quantitative estimate of drug-likeness (QED) is 0.495. The highest BCUT2D eigenvalue weighted by molar-refractivity contribution is 5.99. The highest BCUT2D eigenvalue weighted by Crippen LogP contribution is 2.15. The van der Waals surface area contributed by atoms with Gasteiger partial charge in [0.05, 0.1) is 6.21 Å². The summed E-state index contributed by atoms with van der Waals surface area (Å²) in [5.41, 5.74) is 8.94. The van der Waals surface area contributed by atoms with Crippen molar-refractivity contribution < 1.29 is 4.79 Å². The molecule has 0 atom stereocenters. The number of hydrazone groups is 1. The molecule has 76 valence electrons. The van der Waals surface area contributed by atoms with Gasteiger partial charge in [-0.2, -0.15) is 5.10 Å². The summed E-state index contributed by atoms with van der Waals surface area (Å²) < 4.78 is 0. The van der Waals surface area contributed by atoms with Crippen molar-refractivity contribution in [2.75, 3.05) is 0 Å². The van der Waals surface area contributed by atoms with Crippen LogP contribution in [0.1, 0.15) is 5.56 Å². The lowest BCUT2D eigenvalue weighted by molar-refractivity contribution is 0.249. The first-order chi connectivity index (χ1) is 7.27. The normalized spacial score (nSPS) is 10.9. The van der Waals surface area contributed by atoms with Gasteiger partial charge in [0.2, 0.25) is 0 Å². The molecule has 5 nitrogen and oxygen atoms in total. The molecule has 0 aliphatic heterocycles. The average molecular weight is 202 g/mol. The van der Waals surface area contributed by atoms with Gasteiger partial charge in [0.15, 0.2) is 0 Å². The van der Waals surface area contributed by atoms with Gasteiger partial charge in [-0.25, -0.2) is 10.2 Å². The number of fused-ring (bicyclic) bond motifs is 1. The van der Waals surface area contributed by atoms with Crippen LogP contribution in [-0.4, -0.2) is 17.2 Å². The molecule has 1 heterocycles. The number of para-hydroxylation sites is 1. The van der Waals surface area contributed by atoms with Gasteiger partial charge in [-0.15, -0.1) is 0 Å². The predicted molar refractivity (Wildman–Crippen MR) is 58.6 cm³/mol. The van der Waals surface area contributed by atoms with E-state index >= 15 is 0 Å². The van der Waals surface area contributed by atoms with E-state index in [1.54, 1.807) is 6.21 Å². The second-order valence-corrected chi connectivity index (χ2v) is 3.02. The molecule has 0 aliphatic carbocycles. The Kier molecular flexibility index (Phi) is 2.37. The number of nitrogens with zero attached hydrogens (tertiary/aromatic N) is 1. The van der Waals surface area contributed by atoms with E-state index in [0.29, 0.717) is 0 Å². The molecule has 0 saturated carbocycles. The van der Waals surface area contributed by atoms with Crippen molar-refractivity contribution in [3.05, 3.63) is 36.0 Å². The number of amides is 2. The minimum absolute atomic E-state index is 0.675. The van der Waals surface area contributed by atoms with Crippen LogP contribution in [0.2, 0.25) is 0 Å². The number of nitrogens with two attached hydrogens (primary N) is 1. The molecule has 0 bridgehead atoms. The fraction of sp³-hybridized carbons (Fsp3) is 0. The molecule has 5 heteroatoms. The molecule has 0 spiro atoms. The van der Waals surface area contributed by atoms with Crippen LogP contribution in [-0.2, 0) is 0 Å². The van der Waals surface area contributed by atoms with Crippen molar-refractivity contribution in [3.8, 4) is 0 Å². The number of carbonyl (C=O) groups is 1. The maximum absolute atomic E-state index is 10.4. The molecule has 0 unspecified atom stereocenters. The van der Waals surface area contributed by atoms with Crippen LogP contribution in [0.25, 0.3) is 10.9 Å². The van der Waals surface area contributed by atoms with Gasteiger partial charge in [0, 0.05) is 22.7 Å². The molecule has 0 saturated heterocycles. The van der Waals surface area contributed by atoms with Crippen molar-refractivity contribution in [3.63, 3.8) is 0 Å². The average Bonchev–Trinajstić information content (AvgIpc) is 2.62. The summed E-state index contributed by atoms with van der Waals surface area (Å²) in [7, 11) is 0. The first kappa shape index (κ1) is 9.26. The van der Waals surface area contributed by atoms with Crippen LogP contribution in [0.4, 0.5) is 4.79 Å². The first-order valence-corrected chi connectivity index (χ1v) is 4.42. The maximum atomic E-state index is 10.4. The number of H-pyrrole nitrogens is 1. The van der Waals surface area contributed by atoms with E-state index in [9.17, 15) is 4.79 Å². The van der Waals surface area contributed by atoms with Gasteiger partial charge in [0.25, 0.3) is 0 Å². The molecule has 2 amide bonds. The Hall–Kier alpha value is -2.30. The number of aromatic nitrogens is 1. The Labute approximate surface area is 86.0 Å². The van der Waals surface area contributed by atoms with Crippen molar-refractivity contribution in [1.82, 2.24) is 10.4 Å². The highest BCUT2D eigenvalue weighted by Gasteiger charge is 1.99. The molecule has 2 aromatic rings. The molecule has 0 fully saturated rings. The van der Waals surface area contributed by atoms with E-state index in [0.717, 1.165) is 16.5 Å². The van der Waals surface area contributed by atoms with E-state index in [-0.39, 0.29) is 0 Å². The Morgan fingerprint density at radius 2 is 2.27 bits per heavy atom. The number of primary amides is 1. The number of nitrogens with one attached hydrogen (secondary N) is 2. The topological polar surface area (TPSA) is 83.3 Å². The molecule has 0 aliphatic rings. The summed E-state index contributed by atoms with van der Waals surface area (Å²) in [5.74, 6) is 0. The lowest BCUT2D eigenvalue weighted by Gasteiger charge is -1.91. The third-order valence-corrected chi connectivity index (χ3v) is 2.00. The molecular formula is C10H10N4O. The molecule has 1 aromatic heterocycles. The predicted octanol–water partition coefficient (Wildman–Crippen LogP) is 1.17. The van der Waals surface area contributed by atoms with Crippen molar-refractivity contribution >= 4 is 23.1 Å². The minimum Gasteiger partial charge on any atom is -0.361 e. The number of rotatable bonds is 2. The molecule has 0 radical (unpaired) electrons. The van der Waals surface area contributed by atoms with Crippen molar-refractivity contribution in [2.24, 2.45) is 10.8 Å². The first-order valence-electron chi connectivity index (χ1n) is 4.42. The van der Waals surface area contributed by atoms with Gasteiger partial charge in [-0.05, 0) is 6.07 Å². The number of hydrogen-bond donors (Lipinski definition) is 3.